The highest BCUT2D eigenvalue weighted by Crippen LogP contribution is 2.50. The van der Waals surface area contributed by atoms with Crippen LogP contribution in [0.15, 0.2) is 36.4 Å². The second-order valence-electron chi connectivity index (χ2n) is 6.90. The summed E-state index contributed by atoms with van der Waals surface area (Å²) in [6, 6.07) is 9.70. The van der Waals surface area contributed by atoms with E-state index in [1.165, 1.54) is 23.9 Å². The molecule has 1 aliphatic rings. The van der Waals surface area contributed by atoms with Crippen molar-refractivity contribution >= 4 is 23.5 Å². The summed E-state index contributed by atoms with van der Waals surface area (Å²) in [6.07, 6.45) is 0. The first-order chi connectivity index (χ1) is 15.0. The van der Waals surface area contributed by atoms with E-state index in [2.05, 4.69) is 10.4 Å². The minimum absolute atomic E-state index is 0.142. The van der Waals surface area contributed by atoms with Gasteiger partial charge in [0.2, 0.25) is 11.7 Å². The first kappa shape index (κ1) is 21.0. The number of rotatable bonds is 5. The van der Waals surface area contributed by atoms with Gasteiger partial charge in [-0.25, -0.2) is 9.07 Å². The molecule has 9 heteroatoms. The fourth-order valence-electron chi connectivity index (χ4n) is 3.73. The van der Waals surface area contributed by atoms with E-state index in [1.807, 2.05) is 19.1 Å². The number of anilines is 1. The Labute approximate surface area is 183 Å². The quantitative estimate of drug-likeness (QED) is 0.640. The first-order valence-electron chi connectivity index (χ1n) is 9.54. The molecular weight excluding hydrogens is 421 g/mol. The van der Waals surface area contributed by atoms with Crippen LogP contribution in [0, 0.1) is 12.7 Å². The predicted molar refractivity (Wildman–Crippen MR) is 117 cm³/mol. The van der Waals surface area contributed by atoms with Gasteiger partial charge in [-0.15, -0.1) is 11.8 Å². The van der Waals surface area contributed by atoms with Gasteiger partial charge in [0, 0.05) is 11.1 Å². The molecule has 0 unspecified atom stereocenters. The van der Waals surface area contributed by atoms with Crippen LogP contribution < -0.4 is 19.5 Å². The van der Waals surface area contributed by atoms with Gasteiger partial charge in [-0.1, -0.05) is 0 Å². The Bertz CT molecular complexity index is 1130. The van der Waals surface area contributed by atoms with Gasteiger partial charge in [0.25, 0.3) is 0 Å². The second-order valence-corrected chi connectivity index (χ2v) is 7.99. The average molecular weight is 444 g/mol. The lowest BCUT2D eigenvalue weighted by atomic mass is 10.0. The van der Waals surface area contributed by atoms with Gasteiger partial charge in [0.15, 0.2) is 11.5 Å². The number of fused-ring (bicyclic) bond motifs is 1. The van der Waals surface area contributed by atoms with Crippen LogP contribution in [0.1, 0.15) is 22.1 Å². The molecule has 0 spiro atoms. The smallest absolute Gasteiger partial charge is 0.235 e. The zero-order valence-corrected chi connectivity index (χ0v) is 18.4. The number of benzene rings is 2. The molecule has 0 fully saturated rings. The van der Waals surface area contributed by atoms with Crippen molar-refractivity contribution in [3.8, 4) is 22.9 Å². The van der Waals surface area contributed by atoms with Crippen molar-refractivity contribution < 1.29 is 23.4 Å². The van der Waals surface area contributed by atoms with Crippen molar-refractivity contribution in [2.45, 2.75) is 12.2 Å². The number of ether oxygens (including phenoxy) is 3. The number of thioether (sulfide) groups is 1. The highest BCUT2D eigenvalue weighted by atomic mass is 32.2. The molecule has 0 bridgehead atoms. The van der Waals surface area contributed by atoms with E-state index in [4.69, 9.17) is 14.2 Å². The van der Waals surface area contributed by atoms with Gasteiger partial charge in [-0.05, 0) is 43.3 Å². The molecule has 31 heavy (non-hydrogen) atoms. The molecule has 4 rings (SSSR count). The Balaban J connectivity index is 1.92. The minimum atomic E-state index is -0.341. The molecule has 3 aromatic rings. The van der Waals surface area contributed by atoms with Crippen LogP contribution in [0.4, 0.5) is 10.2 Å². The Morgan fingerprint density at radius 3 is 2.42 bits per heavy atom. The summed E-state index contributed by atoms with van der Waals surface area (Å²) in [5, 5.41) is 7.36. The largest absolute Gasteiger partial charge is 0.493 e. The van der Waals surface area contributed by atoms with Gasteiger partial charge in [0.05, 0.1) is 43.7 Å². The average Bonchev–Trinajstić information content (AvgIpc) is 2.98. The van der Waals surface area contributed by atoms with E-state index < -0.39 is 0 Å². The summed E-state index contributed by atoms with van der Waals surface area (Å²) >= 11 is 1.47. The second kappa shape index (κ2) is 8.50. The number of carbonyl (C=O) groups is 1. The van der Waals surface area contributed by atoms with Gasteiger partial charge in [-0.3, -0.25) is 4.79 Å². The number of amides is 1. The zero-order chi connectivity index (χ0) is 22.1. The number of hydrogen-bond donors (Lipinski definition) is 1. The molecule has 0 saturated carbocycles. The number of nitrogens with zero attached hydrogens (tertiary/aromatic N) is 2. The van der Waals surface area contributed by atoms with Crippen molar-refractivity contribution in [1.82, 2.24) is 9.78 Å². The van der Waals surface area contributed by atoms with Crippen LogP contribution in [0.3, 0.4) is 0 Å². The monoisotopic (exact) mass is 443 g/mol. The maximum Gasteiger partial charge on any atom is 0.235 e. The van der Waals surface area contributed by atoms with E-state index in [1.54, 1.807) is 38.1 Å². The van der Waals surface area contributed by atoms with Gasteiger partial charge < -0.3 is 19.5 Å². The molecular formula is C22H22FN3O4S. The summed E-state index contributed by atoms with van der Waals surface area (Å²) in [5.41, 5.74) is 3.09. The Morgan fingerprint density at radius 2 is 1.77 bits per heavy atom. The zero-order valence-electron chi connectivity index (χ0n) is 17.6. The fourth-order valence-corrected chi connectivity index (χ4v) is 4.93. The molecule has 1 amide bonds. The SMILES string of the molecule is COc1ccc([C@@H]2SCC(=O)Nc3c2c(C)nn3-c2ccc(F)cc2)c(OC)c1OC. The van der Waals surface area contributed by atoms with Crippen LogP contribution in [0.2, 0.25) is 0 Å². The van der Waals surface area contributed by atoms with Crippen LogP contribution in [0.25, 0.3) is 5.69 Å². The molecule has 1 aliphatic heterocycles. The number of nitrogens with one attached hydrogen (secondary N) is 1. The third kappa shape index (κ3) is 3.69. The predicted octanol–water partition coefficient (Wildman–Crippen LogP) is 4.12. The molecule has 2 aromatic carbocycles. The van der Waals surface area contributed by atoms with Crippen LogP contribution in [0.5, 0.6) is 17.2 Å². The van der Waals surface area contributed by atoms with Crippen molar-refractivity contribution in [3.63, 3.8) is 0 Å². The summed E-state index contributed by atoms with van der Waals surface area (Å²) in [4.78, 5) is 12.5. The Kier molecular flexibility index (Phi) is 5.77. The van der Waals surface area contributed by atoms with Crippen LogP contribution in [-0.4, -0.2) is 42.8 Å². The standard InChI is InChI=1S/C22H22FN3O4S/c1-12-18-21(15-9-10-16(28-2)20(30-4)19(15)29-3)31-11-17(27)24-22(18)26(25-12)14-7-5-13(23)6-8-14/h5-10,21H,11H2,1-4H3,(H,24,27)/t21-/m0/s1. The summed E-state index contributed by atoms with van der Waals surface area (Å²) < 4.78 is 31.7. The molecule has 2 heterocycles. The summed E-state index contributed by atoms with van der Waals surface area (Å²) in [6.45, 7) is 1.89. The van der Waals surface area contributed by atoms with E-state index in [-0.39, 0.29) is 22.7 Å². The topological polar surface area (TPSA) is 74.6 Å². The third-order valence-corrected chi connectivity index (χ3v) is 6.35. The van der Waals surface area contributed by atoms with Crippen LogP contribution >= 0.6 is 11.8 Å². The lowest BCUT2D eigenvalue weighted by Crippen LogP contribution is -2.15. The van der Waals surface area contributed by atoms with Crippen molar-refractivity contribution in [2.75, 3.05) is 32.4 Å². The van der Waals surface area contributed by atoms with Gasteiger partial charge in [-0.2, -0.15) is 5.10 Å². The number of methoxy groups -OCH3 is 3. The van der Waals surface area contributed by atoms with E-state index in [9.17, 15) is 9.18 Å². The Hall–Kier alpha value is -3.20. The number of carbonyl (C=O) groups excluding carboxylic acids is 1. The Morgan fingerprint density at radius 1 is 1.06 bits per heavy atom. The molecule has 1 aromatic heterocycles. The summed E-state index contributed by atoms with van der Waals surface area (Å²) in [7, 11) is 4.69. The number of hydrogen-bond acceptors (Lipinski definition) is 6. The number of aromatic nitrogens is 2. The summed E-state index contributed by atoms with van der Waals surface area (Å²) in [5.74, 6) is 1.89. The van der Waals surface area contributed by atoms with E-state index in [0.29, 0.717) is 28.8 Å². The molecule has 162 valence electrons. The molecule has 7 nitrogen and oxygen atoms in total. The molecule has 0 saturated heterocycles. The molecule has 1 atom stereocenters. The minimum Gasteiger partial charge on any atom is -0.493 e. The van der Waals surface area contributed by atoms with Crippen LogP contribution in [-0.2, 0) is 4.79 Å². The van der Waals surface area contributed by atoms with E-state index in [0.717, 1.165) is 16.8 Å². The first-order valence-corrected chi connectivity index (χ1v) is 10.6. The van der Waals surface area contributed by atoms with Crippen molar-refractivity contribution in [3.05, 3.63) is 59.0 Å². The van der Waals surface area contributed by atoms with Crippen molar-refractivity contribution in [2.24, 2.45) is 0 Å². The highest BCUT2D eigenvalue weighted by Gasteiger charge is 2.33. The fraction of sp³-hybridized carbons (Fsp3) is 0.273. The maximum absolute atomic E-state index is 13.4. The molecule has 0 radical (unpaired) electrons. The van der Waals surface area contributed by atoms with Crippen molar-refractivity contribution in [1.29, 1.82) is 0 Å². The molecule has 0 aliphatic carbocycles. The van der Waals surface area contributed by atoms with E-state index >= 15 is 0 Å². The van der Waals surface area contributed by atoms with Gasteiger partial charge in [0.1, 0.15) is 11.6 Å². The lowest BCUT2D eigenvalue weighted by Gasteiger charge is -2.21. The normalized spacial score (nSPS) is 15.6. The highest BCUT2D eigenvalue weighted by molar-refractivity contribution is 8.00. The third-order valence-electron chi connectivity index (χ3n) is 5.10. The number of aryl methyl sites for hydroxylation is 1. The lowest BCUT2D eigenvalue weighted by molar-refractivity contribution is -0.113. The molecule has 1 N–H and O–H groups in total. The number of halogens is 1. The van der Waals surface area contributed by atoms with Gasteiger partial charge >= 0.3 is 0 Å². The maximum atomic E-state index is 13.4.